The van der Waals surface area contributed by atoms with E-state index in [0.29, 0.717) is 13.0 Å². The largest absolute Gasteiger partial charge is 0.337 e. The highest BCUT2D eigenvalue weighted by Crippen LogP contribution is 2.18. The highest BCUT2D eigenvalue weighted by atomic mass is 16.2. The number of rotatable bonds is 5. The molecular weight excluding hydrogens is 300 g/mol. The number of benzene rings is 1. The Morgan fingerprint density at radius 2 is 2.00 bits per heavy atom. The maximum atomic E-state index is 12.7. The van der Waals surface area contributed by atoms with Gasteiger partial charge in [0, 0.05) is 51.5 Å². The molecule has 2 aromatic rings. The Balaban J connectivity index is 1.72. The third kappa shape index (κ3) is 3.85. The van der Waals surface area contributed by atoms with Gasteiger partial charge in [-0.05, 0) is 12.0 Å². The molecule has 0 spiro atoms. The summed E-state index contributed by atoms with van der Waals surface area (Å²) in [5.74, 6) is 1.31. The zero-order chi connectivity index (χ0) is 16.9. The molecule has 1 amide bonds. The van der Waals surface area contributed by atoms with Crippen LogP contribution < -0.4 is 0 Å². The third-order valence-electron chi connectivity index (χ3n) is 4.82. The second kappa shape index (κ2) is 7.62. The van der Waals surface area contributed by atoms with E-state index in [1.165, 1.54) is 5.56 Å². The molecule has 1 fully saturated rings. The first-order valence-corrected chi connectivity index (χ1v) is 8.69. The van der Waals surface area contributed by atoms with E-state index in [2.05, 4.69) is 38.4 Å². The molecule has 128 valence electrons. The van der Waals surface area contributed by atoms with Crippen LogP contribution >= 0.6 is 0 Å². The van der Waals surface area contributed by atoms with Crippen LogP contribution in [0.3, 0.4) is 0 Å². The van der Waals surface area contributed by atoms with Crippen molar-refractivity contribution in [3.8, 4) is 0 Å². The van der Waals surface area contributed by atoms with Crippen LogP contribution in [0.2, 0.25) is 0 Å². The van der Waals surface area contributed by atoms with Crippen molar-refractivity contribution in [1.82, 2.24) is 19.4 Å². The predicted molar refractivity (Wildman–Crippen MR) is 94.2 cm³/mol. The first-order chi connectivity index (χ1) is 11.7. The van der Waals surface area contributed by atoms with E-state index in [1.54, 1.807) is 0 Å². The number of carbonyl (C=O) groups excluding carboxylic acids is 1. The number of aryl methyl sites for hydroxylation is 1. The van der Waals surface area contributed by atoms with Crippen molar-refractivity contribution in [1.29, 1.82) is 0 Å². The van der Waals surface area contributed by atoms with Gasteiger partial charge in [-0.3, -0.25) is 9.69 Å². The van der Waals surface area contributed by atoms with Gasteiger partial charge in [0.15, 0.2) is 0 Å². The topological polar surface area (TPSA) is 41.4 Å². The van der Waals surface area contributed by atoms with Crippen molar-refractivity contribution in [2.24, 2.45) is 7.05 Å². The zero-order valence-corrected chi connectivity index (χ0v) is 14.6. The number of aromatic nitrogens is 2. The van der Waals surface area contributed by atoms with Gasteiger partial charge in [0.1, 0.15) is 5.82 Å². The fourth-order valence-corrected chi connectivity index (χ4v) is 3.33. The fraction of sp³-hybridized carbons (Fsp3) is 0.474. The van der Waals surface area contributed by atoms with E-state index in [0.717, 1.165) is 31.9 Å². The van der Waals surface area contributed by atoms with Crippen LogP contribution in [0.5, 0.6) is 0 Å². The minimum Gasteiger partial charge on any atom is -0.337 e. The summed E-state index contributed by atoms with van der Waals surface area (Å²) >= 11 is 0. The lowest BCUT2D eigenvalue weighted by molar-refractivity contribution is -0.133. The van der Waals surface area contributed by atoms with E-state index in [1.807, 2.05) is 37.6 Å². The summed E-state index contributed by atoms with van der Waals surface area (Å²) in [6.07, 6.45) is 5.35. The van der Waals surface area contributed by atoms with E-state index in [-0.39, 0.29) is 11.9 Å². The molecule has 0 aliphatic carbocycles. The average Bonchev–Trinajstić information content (AvgIpc) is 2.94. The Morgan fingerprint density at radius 1 is 1.21 bits per heavy atom. The molecule has 24 heavy (non-hydrogen) atoms. The SMILES string of the molecule is CC[C@H]1CN(Cc2nccn2C)CCC(=O)N1Cc1ccccc1. The lowest BCUT2D eigenvalue weighted by Crippen LogP contribution is -2.42. The molecule has 0 radical (unpaired) electrons. The monoisotopic (exact) mass is 326 g/mol. The molecule has 0 bridgehead atoms. The van der Waals surface area contributed by atoms with Gasteiger partial charge >= 0.3 is 0 Å². The first-order valence-electron chi connectivity index (χ1n) is 8.69. The molecule has 0 saturated carbocycles. The molecule has 5 heteroatoms. The smallest absolute Gasteiger partial charge is 0.224 e. The van der Waals surface area contributed by atoms with E-state index in [9.17, 15) is 4.79 Å². The lowest BCUT2D eigenvalue weighted by Gasteiger charge is -2.31. The van der Waals surface area contributed by atoms with Crippen molar-refractivity contribution in [3.63, 3.8) is 0 Å². The number of hydrogen-bond donors (Lipinski definition) is 0. The van der Waals surface area contributed by atoms with Crippen LogP contribution in [-0.2, 0) is 24.9 Å². The molecule has 1 atom stereocenters. The molecular formula is C19H26N4O. The van der Waals surface area contributed by atoms with E-state index < -0.39 is 0 Å². The van der Waals surface area contributed by atoms with Gasteiger partial charge in [-0.15, -0.1) is 0 Å². The molecule has 1 aliphatic rings. The Kier molecular flexibility index (Phi) is 5.30. The number of hydrogen-bond acceptors (Lipinski definition) is 3. The molecule has 1 aliphatic heterocycles. The number of nitrogens with zero attached hydrogens (tertiary/aromatic N) is 4. The molecule has 5 nitrogen and oxygen atoms in total. The molecule has 0 N–H and O–H groups in total. The van der Waals surface area contributed by atoms with Crippen LogP contribution in [-0.4, -0.2) is 44.4 Å². The summed E-state index contributed by atoms with van der Waals surface area (Å²) in [4.78, 5) is 21.5. The Labute approximate surface area is 143 Å². The predicted octanol–water partition coefficient (Wildman–Crippen LogP) is 2.43. The van der Waals surface area contributed by atoms with Crippen molar-refractivity contribution in [2.75, 3.05) is 13.1 Å². The van der Waals surface area contributed by atoms with Crippen LogP contribution in [0.15, 0.2) is 42.7 Å². The Morgan fingerprint density at radius 3 is 2.67 bits per heavy atom. The molecule has 2 heterocycles. The molecule has 0 unspecified atom stereocenters. The Bertz CT molecular complexity index is 667. The minimum atomic E-state index is 0.250. The van der Waals surface area contributed by atoms with Gasteiger partial charge < -0.3 is 9.47 Å². The summed E-state index contributed by atoms with van der Waals surface area (Å²) in [5, 5.41) is 0. The fourth-order valence-electron chi connectivity index (χ4n) is 3.33. The second-order valence-corrected chi connectivity index (χ2v) is 6.51. The van der Waals surface area contributed by atoms with Crippen LogP contribution in [0.1, 0.15) is 31.2 Å². The standard InChI is InChI=1S/C19H26N4O/c1-3-17-14-22(15-18-20-10-12-21(18)2)11-9-19(24)23(17)13-16-7-5-4-6-8-16/h4-8,10,12,17H,3,9,11,13-15H2,1-2H3/t17-/m0/s1. The Hall–Kier alpha value is -2.14. The average molecular weight is 326 g/mol. The maximum absolute atomic E-state index is 12.7. The van der Waals surface area contributed by atoms with Gasteiger partial charge in [-0.2, -0.15) is 0 Å². The van der Waals surface area contributed by atoms with Crippen molar-refractivity contribution >= 4 is 5.91 Å². The molecule has 3 rings (SSSR count). The van der Waals surface area contributed by atoms with Gasteiger partial charge in [-0.25, -0.2) is 4.98 Å². The molecule has 1 saturated heterocycles. The third-order valence-corrected chi connectivity index (χ3v) is 4.82. The van der Waals surface area contributed by atoms with Gasteiger partial charge in [0.2, 0.25) is 5.91 Å². The zero-order valence-electron chi connectivity index (χ0n) is 14.6. The maximum Gasteiger partial charge on any atom is 0.224 e. The number of carbonyl (C=O) groups is 1. The summed E-state index contributed by atoms with van der Waals surface area (Å²) in [5.41, 5.74) is 1.20. The highest BCUT2D eigenvalue weighted by molar-refractivity contribution is 5.77. The van der Waals surface area contributed by atoms with Crippen molar-refractivity contribution in [2.45, 2.75) is 38.9 Å². The van der Waals surface area contributed by atoms with Gasteiger partial charge in [0.25, 0.3) is 0 Å². The van der Waals surface area contributed by atoms with Gasteiger partial charge in [0.05, 0.1) is 6.54 Å². The number of imidazole rings is 1. The molecule has 1 aromatic carbocycles. The van der Waals surface area contributed by atoms with E-state index in [4.69, 9.17) is 0 Å². The van der Waals surface area contributed by atoms with Crippen LogP contribution in [0.4, 0.5) is 0 Å². The highest BCUT2D eigenvalue weighted by Gasteiger charge is 2.29. The summed E-state index contributed by atoms with van der Waals surface area (Å²) in [6, 6.07) is 10.5. The summed E-state index contributed by atoms with van der Waals surface area (Å²) in [6.45, 7) is 5.37. The normalized spacial score (nSPS) is 19.5. The first kappa shape index (κ1) is 16.7. The van der Waals surface area contributed by atoms with Crippen LogP contribution in [0.25, 0.3) is 0 Å². The quantitative estimate of drug-likeness (QED) is 0.847. The van der Waals surface area contributed by atoms with Crippen LogP contribution in [0, 0.1) is 0 Å². The van der Waals surface area contributed by atoms with Crippen molar-refractivity contribution in [3.05, 3.63) is 54.1 Å². The lowest BCUT2D eigenvalue weighted by atomic mass is 10.1. The second-order valence-electron chi connectivity index (χ2n) is 6.51. The minimum absolute atomic E-state index is 0.250. The molecule has 1 aromatic heterocycles. The van der Waals surface area contributed by atoms with E-state index >= 15 is 0 Å². The van der Waals surface area contributed by atoms with Crippen molar-refractivity contribution < 1.29 is 4.79 Å². The summed E-state index contributed by atoms with van der Waals surface area (Å²) < 4.78 is 2.05. The number of amides is 1. The summed E-state index contributed by atoms with van der Waals surface area (Å²) in [7, 11) is 2.02. The van der Waals surface area contributed by atoms with Gasteiger partial charge in [-0.1, -0.05) is 37.3 Å².